The molecule has 0 radical (unpaired) electrons. The molecule has 0 bridgehead atoms. The van der Waals surface area contributed by atoms with Crippen LogP contribution < -0.4 is 5.32 Å². The van der Waals surface area contributed by atoms with E-state index < -0.39 is 21.9 Å². The van der Waals surface area contributed by atoms with Crippen LogP contribution in [0.5, 0.6) is 0 Å². The van der Waals surface area contributed by atoms with Crippen LogP contribution in [0.15, 0.2) is 41.4 Å². The number of carbonyl (C=O) groups excluding carboxylic acids is 1. The molecular weight excluding hydrogens is 372 g/mol. The summed E-state index contributed by atoms with van der Waals surface area (Å²) in [6.07, 6.45) is 2.01. The molecule has 1 aromatic carbocycles. The third-order valence-corrected chi connectivity index (χ3v) is 6.52. The van der Waals surface area contributed by atoms with Gasteiger partial charge < -0.3 is 10.4 Å². The second-order valence-electron chi connectivity index (χ2n) is 6.32. The number of aryl methyl sites for hydroxylation is 1. The van der Waals surface area contributed by atoms with Crippen molar-refractivity contribution < 1.29 is 23.1 Å². The zero-order valence-electron chi connectivity index (χ0n) is 14.7. The van der Waals surface area contributed by atoms with Crippen LogP contribution in [0.1, 0.15) is 23.3 Å². The van der Waals surface area contributed by atoms with Crippen LogP contribution in [0, 0.1) is 5.92 Å². The summed E-state index contributed by atoms with van der Waals surface area (Å²) in [5.41, 5.74) is 0.0294. The quantitative estimate of drug-likeness (QED) is 0.787. The van der Waals surface area contributed by atoms with Gasteiger partial charge in [-0.1, -0.05) is 18.2 Å². The molecule has 27 heavy (non-hydrogen) atoms. The lowest BCUT2D eigenvalue weighted by Crippen LogP contribution is -2.41. The molecule has 1 amide bonds. The molecule has 2 aromatic rings. The average molecular weight is 392 g/mol. The summed E-state index contributed by atoms with van der Waals surface area (Å²) in [5, 5.41) is 15.6. The Kier molecular flexibility index (Phi) is 5.29. The maximum atomic E-state index is 12.6. The molecule has 0 aliphatic carbocycles. The van der Waals surface area contributed by atoms with Gasteiger partial charge in [0.1, 0.15) is 0 Å². The Bertz CT molecular complexity index is 947. The highest BCUT2D eigenvalue weighted by Crippen LogP contribution is 2.25. The molecule has 1 aliphatic heterocycles. The average Bonchev–Trinajstić information content (AvgIpc) is 3.03. The number of nitrogens with one attached hydrogen (secondary N) is 1. The summed E-state index contributed by atoms with van der Waals surface area (Å²) in [5.74, 6) is -1.91. The number of carboxylic acids is 1. The second-order valence-corrected chi connectivity index (χ2v) is 8.25. The van der Waals surface area contributed by atoms with Crippen molar-refractivity contribution in [3.05, 3.63) is 42.2 Å². The topological polar surface area (TPSA) is 122 Å². The lowest BCUT2D eigenvalue weighted by atomic mass is 9.97. The van der Waals surface area contributed by atoms with Crippen LogP contribution in [0.3, 0.4) is 0 Å². The van der Waals surface area contributed by atoms with E-state index in [1.165, 1.54) is 22.2 Å². The number of rotatable bonds is 5. The van der Waals surface area contributed by atoms with Crippen LogP contribution in [0.4, 0.5) is 5.69 Å². The molecule has 2 N–H and O–H groups in total. The van der Waals surface area contributed by atoms with Crippen LogP contribution in [0.25, 0.3) is 0 Å². The molecule has 9 nitrogen and oxygen atoms in total. The van der Waals surface area contributed by atoms with Gasteiger partial charge in [0.25, 0.3) is 0 Å². The fourth-order valence-electron chi connectivity index (χ4n) is 3.12. The Morgan fingerprint density at radius 3 is 2.41 bits per heavy atom. The van der Waals surface area contributed by atoms with Gasteiger partial charge in [0, 0.05) is 26.1 Å². The van der Waals surface area contributed by atoms with Crippen LogP contribution in [-0.2, 0) is 21.9 Å². The third-order valence-electron chi connectivity index (χ3n) is 4.60. The van der Waals surface area contributed by atoms with E-state index in [1.54, 1.807) is 30.3 Å². The van der Waals surface area contributed by atoms with Gasteiger partial charge in [0.05, 0.1) is 16.8 Å². The maximum Gasteiger partial charge on any atom is 0.356 e. The van der Waals surface area contributed by atoms with E-state index in [0.29, 0.717) is 12.8 Å². The van der Waals surface area contributed by atoms with Gasteiger partial charge in [-0.15, -0.1) is 0 Å². The third kappa shape index (κ3) is 3.86. The van der Waals surface area contributed by atoms with Crippen LogP contribution >= 0.6 is 0 Å². The standard InChI is InChI=1S/C17H20N4O5S/c1-20-15(17(23)24)14(11-18-20)19-16(22)12-7-9-21(10-8-12)27(25,26)13-5-3-2-4-6-13/h2-6,11-12H,7-10H2,1H3,(H,19,22)(H,23,24). The van der Waals surface area contributed by atoms with Gasteiger partial charge in [0.15, 0.2) is 5.69 Å². The summed E-state index contributed by atoms with van der Waals surface area (Å²) < 4.78 is 27.8. The number of sulfonamides is 1. The predicted molar refractivity (Wildman–Crippen MR) is 96.7 cm³/mol. The fraction of sp³-hybridized carbons (Fsp3) is 0.353. The van der Waals surface area contributed by atoms with Gasteiger partial charge in [0.2, 0.25) is 15.9 Å². The number of benzene rings is 1. The summed E-state index contributed by atoms with van der Waals surface area (Å²) in [7, 11) is -2.10. The molecule has 10 heteroatoms. The lowest BCUT2D eigenvalue weighted by Gasteiger charge is -2.30. The molecule has 144 valence electrons. The molecule has 0 unspecified atom stereocenters. The number of hydrogen-bond acceptors (Lipinski definition) is 5. The Morgan fingerprint density at radius 2 is 1.81 bits per heavy atom. The van der Waals surface area contributed by atoms with E-state index in [-0.39, 0.29) is 35.3 Å². The van der Waals surface area contributed by atoms with Crippen molar-refractivity contribution in [2.24, 2.45) is 13.0 Å². The number of aromatic nitrogens is 2. The number of carboxylic acid groups (broad SMARTS) is 1. The number of nitrogens with zero attached hydrogens (tertiary/aromatic N) is 3. The zero-order chi connectivity index (χ0) is 19.6. The molecular formula is C17H20N4O5S. The number of carbonyl (C=O) groups is 2. The first-order valence-electron chi connectivity index (χ1n) is 8.42. The maximum absolute atomic E-state index is 12.6. The number of piperidine rings is 1. The Labute approximate surface area is 156 Å². The number of amides is 1. The molecule has 1 aliphatic rings. The monoisotopic (exact) mass is 392 g/mol. The van der Waals surface area contributed by atoms with Crippen LogP contribution in [-0.4, -0.2) is 52.6 Å². The highest BCUT2D eigenvalue weighted by molar-refractivity contribution is 7.89. The smallest absolute Gasteiger partial charge is 0.356 e. The van der Waals surface area contributed by atoms with E-state index >= 15 is 0 Å². The molecule has 1 saturated heterocycles. The molecule has 2 heterocycles. The van der Waals surface area contributed by atoms with Gasteiger partial charge in [-0.05, 0) is 25.0 Å². The van der Waals surface area contributed by atoms with Crippen molar-refractivity contribution in [1.29, 1.82) is 0 Å². The van der Waals surface area contributed by atoms with Gasteiger partial charge in [-0.3, -0.25) is 9.48 Å². The van der Waals surface area contributed by atoms with E-state index in [0.717, 1.165) is 0 Å². The first-order valence-corrected chi connectivity index (χ1v) is 9.86. The first-order chi connectivity index (χ1) is 12.8. The molecule has 1 fully saturated rings. The normalized spacial score (nSPS) is 16.2. The van der Waals surface area contributed by atoms with E-state index in [1.807, 2.05) is 0 Å². The number of aromatic carboxylic acids is 1. The van der Waals surface area contributed by atoms with Crippen molar-refractivity contribution in [2.75, 3.05) is 18.4 Å². The van der Waals surface area contributed by atoms with E-state index in [2.05, 4.69) is 10.4 Å². The molecule has 0 atom stereocenters. The minimum absolute atomic E-state index is 0.104. The van der Waals surface area contributed by atoms with E-state index in [4.69, 9.17) is 0 Å². The van der Waals surface area contributed by atoms with Crippen molar-refractivity contribution in [2.45, 2.75) is 17.7 Å². The van der Waals surface area contributed by atoms with Crippen LogP contribution in [0.2, 0.25) is 0 Å². The summed E-state index contributed by atoms with van der Waals surface area (Å²) >= 11 is 0. The number of hydrogen-bond donors (Lipinski definition) is 2. The first kappa shape index (κ1) is 19.1. The summed E-state index contributed by atoms with van der Waals surface area (Å²) in [6, 6.07) is 8.18. The van der Waals surface area contributed by atoms with Crippen molar-refractivity contribution >= 4 is 27.6 Å². The fourth-order valence-corrected chi connectivity index (χ4v) is 4.61. The minimum Gasteiger partial charge on any atom is -0.476 e. The highest BCUT2D eigenvalue weighted by atomic mass is 32.2. The molecule has 1 aromatic heterocycles. The van der Waals surface area contributed by atoms with E-state index in [9.17, 15) is 23.1 Å². The molecule has 0 saturated carbocycles. The zero-order valence-corrected chi connectivity index (χ0v) is 15.5. The Morgan fingerprint density at radius 1 is 1.19 bits per heavy atom. The lowest BCUT2D eigenvalue weighted by molar-refractivity contribution is -0.120. The van der Waals surface area contributed by atoms with Crippen molar-refractivity contribution in [1.82, 2.24) is 14.1 Å². The Balaban J connectivity index is 1.64. The molecule has 3 rings (SSSR count). The summed E-state index contributed by atoms with van der Waals surface area (Å²) in [4.78, 5) is 24.0. The predicted octanol–water partition coefficient (Wildman–Crippen LogP) is 1.16. The SMILES string of the molecule is Cn1ncc(NC(=O)C2CCN(S(=O)(=O)c3ccccc3)CC2)c1C(=O)O. The van der Waals surface area contributed by atoms with Crippen molar-refractivity contribution in [3.8, 4) is 0 Å². The van der Waals surface area contributed by atoms with Gasteiger partial charge >= 0.3 is 5.97 Å². The second kappa shape index (κ2) is 7.49. The largest absolute Gasteiger partial charge is 0.476 e. The number of anilines is 1. The highest BCUT2D eigenvalue weighted by Gasteiger charge is 2.32. The Hall–Kier alpha value is -2.72. The summed E-state index contributed by atoms with van der Waals surface area (Å²) in [6.45, 7) is 0.461. The van der Waals surface area contributed by atoms with Crippen molar-refractivity contribution in [3.63, 3.8) is 0 Å². The van der Waals surface area contributed by atoms with Gasteiger partial charge in [-0.2, -0.15) is 9.40 Å². The minimum atomic E-state index is -3.57. The molecule has 0 spiro atoms. The van der Waals surface area contributed by atoms with Gasteiger partial charge in [-0.25, -0.2) is 13.2 Å².